The van der Waals surface area contributed by atoms with E-state index >= 15 is 0 Å². The Labute approximate surface area is 81.6 Å². The molecule has 13 heavy (non-hydrogen) atoms. The molecule has 2 heteroatoms. The van der Waals surface area contributed by atoms with Gasteiger partial charge in [0.25, 0.3) is 0 Å². The van der Waals surface area contributed by atoms with Gasteiger partial charge in [-0.1, -0.05) is 48.0 Å². The maximum atomic E-state index is 10.7. The molecule has 0 amide bonds. The zero-order valence-electron chi connectivity index (χ0n) is 6.96. The van der Waals surface area contributed by atoms with E-state index in [0.29, 0.717) is 10.6 Å². The van der Waals surface area contributed by atoms with Gasteiger partial charge < -0.3 is 0 Å². The van der Waals surface area contributed by atoms with Crippen LogP contribution in [0, 0.1) is 0 Å². The van der Waals surface area contributed by atoms with E-state index in [2.05, 4.69) is 0 Å². The third-order valence-corrected chi connectivity index (χ3v) is 2.55. The van der Waals surface area contributed by atoms with Crippen LogP contribution in [0.5, 0.6) is 0 Å². The first-order chi connectivity index (χ1) is 6.33. The van der Waals surface area contributed by atoms with Crippen LogP contribution in [0.4, 0.5) is 0 Å². The maximum absolute atomic E-state index is 10.7. The zero-order chi connectivity index (χ0) is 9.26. The molecule has 0 saturated heterocycles. The van der Waals surface area contributed by atoms with E-state index in [1.165, 1.54) is 0 Å². The Kier molecular flexibility index (Phi) is 2.21. The molecule has 0 unspecified atom stereocenters. The number of benzene rings is 2. The summed E-state index contributed by atoms with van der Waals surface area (Å²) < 4.78 is 0. The van der Waals surface area contributed by atoms with Crippen molar-refractivity contribution in [3.05, 3.63) is 47.0 Å². The molecule has 0 heterocycles. The lowest BCUT2D eigenvalue weighted by atomic mass is 10.1. The van der Waals surface area contributed by atoms with Gasteiger partial charge in [0.05, 0.1) is 5.02 Å². The van der Waals surface area contributed by atoms with Crippen LogP contribution in [-0.4, -0.2) is 0 Å². The van der Waals surface area contributed by atoms with Crippen LogP contribution in [-0.2, 0) is 11.7 Å². The predicted molar refractivity (Wildman–Crippen MR) is 53.3 cm³/mol. The van der Waals surface area contributed by atoms with Gasteiger partial charge >= 0.3 is 0 Å². The van der Waals surface area contributed by atoms with E-state index in [1.807, 2.05) is 30.3 Å². The van der Waals surface area contributed by atoms with Crippen LogP contribution in [0.3, 0.4) is 0 Å². The monoisotopic (exact) mass is 191 g/mol. The van der Waals surface area contributed by atoms with E-state index in [1.54, 1.807) is 6.07 Å². The van der Waals surface area contributed by atoms with Gasteiger partial charge in [0.1, 0.15) is 6.61 Å². The molecular formula is C11H8ClO. The van der Waals surface area contributed by atoms with Crippen LogP contribution < -0.4 is 0 Å². The third-order valence-electron chi connectivity index (χ3n) is 2.10. The Morgan fingerprint density at radius 3 is 2.62 bits per heavy atom. The van der Waals surface area contributed by atoms with Crippen LogP contribution in [0.1, 0.15) is 5.56 Å². The molecule has 1 radical (unpaired) electrons. The van der Waals surface area contributed by atoms with Crippen molar-refractivity contribution in [2.45, 2.75) is 6.61 Å². The second-order valence-corrected chi connectivity index (χ2v) is 3.28. The molecular weight excluding hydrogens is 184 g/mol. The molecule has 2 rings (SSSR count). The minimum Gasteiger partial charge on any atom is -0.232 e. The van der Waals surface area contributed by atoms with Gasteiger partial charge in [-0.05, 0) is 5.39 Å². The molecule has 0 fully saturated rings. The fourth-order valence-corrected chi connectivity index (χ4v) is 1.68. The number of hydrogen-bond donors (Lipinski definition) is 0. The van der Waals surface area contributed by atoms with Crippen molar-refractivity contribution < 1.29 is 5.11 Å². The first-order valence-corrected chi connectivity index (χ1v) is 4.45. The quantitative estimate of drug-likeness (QED) is 0.658. The Morgan fingerprint density at radius 2 is 1.85 bits per heavy atom. The van der Waals surface area contributed by atoms with Crippen LogP contribution in [0.25, 0.3) is 10.8 Å². The van der Waals surface area contributed by atoms with E-state index in [4.69, 9.17) is 11.6 Å². The van der Waals surface area contributed by atoms with Gasteiger partial charge in [-0.15, -0.1) is 0 Å². The summed E-state index contributed by atoms with van der Waals surface area (Å²) in [5.74, 6) is 0. The standard InChI is InChI=1S/C11H8ClO/c12-11-9(7-13)6-5-8-3-1-2-4-10(8)11/h1-6H,7H2. The lowest BCUT2D eigenvalue weighted by Gasteiger charge is -2.03. The highest BCUT2D eigenvalue weighted by atomic mass is 35.5. The van der Waals surface area contributed by atoms with Crippen molar-refractivity contribution in [1.82, 2.24) is 0 Å². The molecule has 0 aliphatic rings. The number of hydrogen-bond acceptors (Lipinski definition) is 0. The molecule has 2 aromatic carbocycles. The zero-order valence-corrected chi connectivity index (χ0v) is 7.71. The molecule has 0 aliphatic carbocycles. The molecule has 0 aromatic heterocycles. The summed E-state index contributed by atoms with van der Waals surface area (Å²) in [6.07, 6.45) is 0. The topological polar surface area (TPSA) is 19.9 Å². The summed E-state index contributed by atoms with van der Waals surface area (Å²) in [6.45, 7) is -0.260. The summed E-state index contributed by atoms with van der Waals surface area (Å²) in [4.78, 5) is 0. The average Bonchev–Trinajstić information content (AvgIpc) is 2.19. The average molecular weight is 192 g/mol. The summed E-state index contributed by atoms with van der Waals surface area (Å²) >= 11 is 6.04. The van der Waals surface area contributed by atoms with E-state index < -0.39 is 0 Å². The summed E-state index contributed by atoms with van der Waals surface area (Å²) in [5, 5.41) is 13.3. The molecule has 0 bridgehead atoms. The molecule has 65 valence electrons. The number of rotatable bonds is 1. The smallest absolute Gasteiger partial charge is 0.109 e. The highest BCUT2D eigenvalue weighted by Gasteiger charge is 2.03. The molecule has 0 spiro atoms. The SMILES string of the molecule is [O]Cc1ccc2ccccc2c1Cl. The van der Waals surface area contributed by atoms with Crippen molar-refractivity contribution in [3.63, 3.8) is 0 Å². The van der Waals surface area contributed by atoms with Crippen molar-refractivity contribution in [3.8, 4) is 0 Å². The van der Waals surface area contributed by atoms with Gasteiger partial charge in [-0.3, -0.25) is 0 Å². The van der Waals surface area contributed by atoms with Crippen LogP contribution >= 0.6 is 11.6 Å². The largest absolute Gasteiger partial charge is 0.232 e. The van der Waals surface area contributed by atoms with E-state index in [9.17, 15) is 5.11 Å². The summed E-state index contributed by atoms with van der Waals surface area (Å²) in [5.41, 5.74) is 0.667. The third kappa shape index (κ3) is 1.41. The van der Waals surface area contributed by atoms with Crippen molar-refractivity contribution in [1.29, 1.82) is 0 Å². The molecule has 2 aromatic rings. The van der Waals surface area contributed by atoms with Gasteiger partial charge in [-0.2, -0.15) is 0 Å². The predicted octanol–water partition coefficient (Wildman–Crippen LogP) is 3.42. The van der Waals surface area contributed by atoms with Gasteiger partial charge in [0.15, 0.2) is 0 Å². The number of halogens is 1. The molecule has 0 N–H and O–H groups in total. The van der Waals surface area contributed by atoms with Crippen LogP contribution in [0.15, 0.2) is 36.4 Å². The lowest BCUT2D eigenvalue weighted by molar-refractivity contribution is 0.178. The van der Waals surface area contributed by atoms with Crippen LogP contribution in [0.2, 0.25) is 5.02 Å². The summed E-state index contributed by atoms with van der Waals surface area (Å²) in [6, 6.07) is 11.5. The second kappa shape index (κ2) is 3.36. The fourth-order valence-electron chi connectivity index (χ4n) is 1.39. The highest BCUT2D eigenvalue weighted by Crippen LogP contribution is 2.26. The van der Waals surface area contributed by atoms with Crippen molar-refractivity contribution >= 4 is 22.4 Å². The summed E-state index contributed by atoms with van der Waals surface area (Å²) in [7, 11) is 0. The van der Waals surface area contributed by atoms with Gasteiger partial charge in [0.2, 0.25) is 0 Å². The minimum absolute atomic E-state index is 0.260. The highest BCUT2D eigenvalue weighted by molar-refractivity contribution is 6.36. The molecule has 0 saturated carbocycles. The first kappa shape index (κ1) is 8.54. The minimum atomic E-state index is -0.260. The normalized spacial score (nSPS) is 10.6. The number of fused-ring (bicyclic) bond motifs is 1. The lowest BCUT2D eigenvalue weighted by Crippen LogP contribution is -1.84. The Balaban J connectivity index is 2.79. The molecule has 1 nitrogen and oxygen atoms in total. The Hall–Kier alpha value is -1.05. The molecule has 0 atom stereocenters. The van der Waals surface area contributed by atoms with Crippen molar-refractivity contribution in [2.24, 2.45) is 0 Å². The fraction of sp³-hybridized carbons (Fsp3) is 0.0909. The Morgan fingerprint density at radius 1 is 1.08 bits per heavy atom. The Bertz CT molecular complexity index is 437. The van der Waals surface area contributed by atoms with E-state index in [-0.39, 0.29) is 6.61 Å². The van der Waals surface area contributed by atoms with Crippen molar-refractivity contribution in [2.75, 3.05) is 0 Å². The van der Waals surface area contributed by atoms with Gasteiger partial charge in [0, 0.05) is 10.9 Å². The maximum Gasteiger partial charge on any atom is 0.109 e. The van der Waals surface area contributed by atoms with E-state index in [0.717, 1.165) is 10.8 Å². The van der Waals surface area contributed by atoms with Gasteiger partial charge in [-0.25, -0.2) is 5.11 Å². The first-order valence-electron chi connectivity index (χ1n) is 4.07. The second-order valence-electron chi connectivity index (χ2n) is 2.90. The molecule has 0 aliphatic heterocycles.